The van der Waals surface area contributed by atoms with E-state index in [4.69, 9.17) is 11.6 Å². The van der Waals surface area contributed by atoms with Crippen molar-refractivity contribution in [2.45, 2.75) is 0 Å². The molecule has 3 rings (SSSR count). The lowest BCUT2D eigenvalue weighted by molar-refractivity contribution is 0.720. The molecule has 0 bridgehead atoms. The molecule has 0 amide bonds. The quantitative estimate of drug-likeness (QED) is 0.708. The van der Waals surface area contributed by atoms with E-state index >= 15 is 0 Å². The molecule has 0 fully saturated rings. The molecule has 1 aromatic heterocycles. The molecule has 18 heavy (non-hydrogen) atoms. The molecular weight excluding hydrogens is 248 g/mol. The van der Waals surface area contributed by atoms with E-state index in [9.17, 15) is 0 Å². The van der Waals surface area contributed by atoms with Gasteiger partial charge in [0.1, 0.15) is 5.69 Å². The Morgan fingerprint density at radius 1 is 0.889 bits per heavy atom. The summed E-state index contributed by atoms with van der Waals surface area (Å²) in [7, 11) is 0. The summed E-state index contributed by atoms with van der Waals surface area (Å²) in [6, 6.07) is 17.1. The van der Waals surface area contributed by atoms with Crippen LogP contribution in [0.15, 0.2) is 54.6 Å². The molecule has 88 valence electrons. The number of halogens is 1. The Morgan fingerprint density at radius 3 is 2.39 bits per heavy atom. The van der Waals surface area contributed by atoms with Crippen LogP contribution in [0.25, 0.3) is 17.1 Å². The van der Waals surface area contributed by atoms with Crippen molar-refractivity contribution in [3.63, 3.8) is 0 Å². The van der Waals surface area contributed by atoms with Crippen molar-refractivity contribution >= 4 is 11.6 Å². The van der Waals surface area contributed by atoms with E-state index in [0.717, 1.165) is 5.56 Å². The summed E-state index contributed by atoms with van der Waals surface area (Å²) >= 11 is 6.09. The van der Waals surface area contributed by atoms with E-state index in [0.29, 0.717) is 16.5 Å². The van der Waals surface area contributed by atoms with Crippen LogP contribution >= 0.6 is 11.6 Å². The second-order valence-electron chi connectivity index (χ2n) is 3.72. The van der Waals surface area contributed by atoms with Crippen LogP contribution < -0.4 is 0 Å². The van der Waals surface area contributed by atoms with Gasteiger partial charge in [0, 0.05) is 5.56 Å². The number of benzene rings is 2. The monoisotopic (exact) mass is 256 g/mol. The number of rotatable bonds is 2. The number of aromatic nitrogens is 4. The highest BCUT2D eigenvalue weighted by molar-refractivity contribution is 6.32. The second-order valence-corrected chi connectivity index (χ2v) is 4.13. The molecule has 0 N–H and O–H groups in total. The highest BCUT2D eigenvalue weighted by atomic mass is 35.5. The smallest absolute Gasteiger partial charge is 0.129 e. The van der Waals surface area contributed by atoms with E-state index in [1.54, 1.807) is 6.07 Å². The SMILES string of the molecule is Clc1ccccc1-n1nnc(-c2ccccc2)n1. The van der Waals surface area contributed by atoms with Crippen LogP contribution in [-0.2, 0) is 0 Å². The summed E-state index contributed by atoms with van der Waals surface area (Å²) in [5.41, 5.74) is 1.64. The van der Waals surface area contributed by atoms with Crippen LogP contribution in [-0.4, -0.2) is 20.2 Å². The van der Waals surface area contributed by atoms with Crippen LogP contribution in [0.3, 0.4) is 0 Å². The third-order valence-electron chi connectivity index (χ3n) is 2.51. The third kappa shape index (κ3) is 1.98. The Hall–Kier alpha value is -2.20. The molecule has 2 aromatic carbocycles. The summed E-state index contributed by atoms with van der Waals surface area (Å²) in [5, 5.41) is 13.0. The van der Waals surface area contributed by atoms with Crippen LogP contribution in [0.1, 0.15) is 0 Å². The van der Waals surface area contributed by atoms with Gasteiger partial charge in [-0.2, -0.15) is 0 Å². The van der Waals surface area contributed by atoms with E-state index in [2.05, 4.69) is 15.4 Å². The van der Waals surface area contributed by atoms with E-state index < -0.39 is 0 Å². The van der Waals surface area contributed by atoms with Gasteiger partial charge in [-0.05, 0) is 17.3 Å². The Bertz CT molecular complexity index is 664. The van der Waals surface area contributed by atoms with Crippen molar-refractivity contribution in [1.82, 2.24) is 20.2 Å². The van der Waals surface area contributed by atoms with Crippen molar-refractivity contribution in [1.29, 1.82) is 0 Å². The molecular formula is C13H9ClN4. The van der Waals surface area contributed by atoms with Crippen LogP contribution in [0.2, 0.25) is 5.02 Å². The van der Waals surface area contributed by atoms with Crippen molar-refractivity contribution < 1.29 is 0 Å². The first kappa shape index (κ1) is 10.9. The maximum atomic E-state index is 6.09. The third-order valence-corrected chi connectivity index (χ3v) is 2.83. The molecule has 0 radical (unpaired) electrons. The minimum atomic E-state index is 0.579. The molecule has 1 heterocycles. The lowest BCUT2D eigenvalue weighted by Gasteiger charge is -1.99. The predicted octanol–water partition coefficient (Wildman–Crippen LogP) is 2.98. The molecule has 0 unspecified atom stereocenters. The summed E-state index contributed by atoms with van der Waals surface area (Å²) in [4.78, 5) is 1.44. The lowest BCUT2D eigenvalue weighted by Crippen LogP contribution is -1.99. The fourth-order valence-electron chi connectivity index (χ4n) is 1.63. The summed E-state index contributed by atoms with van der Waals surface area (Å²) in [6.45, 7) is 0. The highest BCUT2D eigenvalue weighted by Crippen LogP contribution is 2.19. The Kier molecular flexibility index (Phi) is 2.78. The molecule has 0 saturated carbocycles. The molecule has 0 saturated heterocycles. The van der Waals surface area contributed by atoms with E-state index in [1.165, 1.54) is 4.80 Å². The zero-order chi connectivity index (χ0) is 12.4. The number of hydrogen-bond acceptors (Lipinski definition) is 3. The Balaban J connectivity index is 2.03. The van der Waals surface area contributed by atoms with Gasteiger partial charge < -0.3 is 0 Å². The average Bonchev–Trinajstić information content (AvgIpc) is 2.90. The van der Waals surface area contributed by atoms with Gasteiger partial charge in [0.15, 0.2) is 0 Å². The topological polar surface area (TPSA) is 43.6 Å². The molecule has 0 aliphatic rings. The van der Waals surface area contributed by atoms with Gasteiger partial charge in [0.05, 0.1) is 5.02 Å². The summed E-state index contributed by atoms with van der Waals surface area (Å²) < 4.78 is 0. The van der Waals surface area contributed by atoms with Crippen molar-refractivity contribution in [2.24, 2.45) is 0 Å². The van der Waals surface area contributed by atoms with Gasteiger partial charge in [0.2, 0.25) is 5.82 Å². The fourth-order valence-corrected chi connectivity index (χ4v) is 1.84. The number of para-hydroxylation sites is 1. The van der Waals surface area contributed by atoms with Crippen LogP contribution in [0, 0.1) is 0 Å². The van der Waals surface area contributed by atoms with Crippen molar-refractivity contribution in [3.8, 4) is 17.1 Å². The minimum Gasteiger partial charge on any atom is -0.129 e. The highest BCUT2D eigenvalue weighted by Gasteiger charge is 2.08. The van der Waals surface area contributed by atoms with Crippen molar-refractivity contribution in [2.75, 3.05) is 0 Å². The van der Waals surface area contributed by atoms with Gasteiger partial charge in [-0.3, -0.25) is 0 Å². The van der Waals surface area contributed by atoms with E-state index in [-0.39, 0.29) is 0 Å². The minimum absolute atomic E-state index is 0.579. The van der Waals surface area contributed by atoms with Crippen molar-refractivity contribution in [3.05, 3.63) is 59.6 Å². The van der Waals surface area contributed by atoms with Gasteiger partial charge in [-0.25, -0.2) is 0 Å². The average molecular weight is 257 g/mol. The summed E-state index contributed by atoms with van der Waals surface area (Å²) in [6.07, 6.45) is 0. The first-order chi connectivity index (χ1) is 8.84. The molecule has 3 aromatic rings. The van der Waals surface area contributed by atoms with Gasteiger partial charge in [0.25, 0.3) is 0 Å². The molecule has 0 spiro atoms. The normalized spacial score (nSPS) is 10.5. The molecule has 0 atom stereocenters. The maximum absolute atomic E-state index is 6.09. The van der Waals surface area contributed by atoms with Gasteiger partial charge in [-0.15, -0.1) is 15.0 Å². The zero-order valence-electron chi connectivity index (χ0n) is 9.36. The zero-order valence-corrected chi connectivity index (χ0v) is 10.1. The number of hydrogen-bond donors (Lipinski definition) is 0. The standard InChI is InChI=1S/C13H9ClN4/c14-11-8-4-5-9-12(11)18-16-13(15-17-18)10-6-2-1-3-7-10/h1-9H. The van der Waals surface area contributed by atoms with E-state index in [1.807, 2.05) is 48.5 Å². The molecule has 0 aliphatic carbocycles. The number of tetrazole rings is 1. The maximum Gasteiger partial charge on any atom is 0.205 e. The first-order valence-electron chi connectivity index (χ1n) is 5.45. The van der Waals surface area contributed by atoms with Crippen LogP contribution in [0.4, 0.5) is 0 Å². The summed E-state index contributed by atoms with van der Waals surface area (Å²) in [5.74, 6) is 0.579. The van der Waals surface area contributed by atoms with Gasteiger partial charge >= 0.3 is 0 Å². The van der Waals surface area contributed by atoms with Gasteiger partial charge in [-0.1, -0.05) is 54.1 Å². The predicted molar refractivity (Wildman–Crippen MR) is 69.6 cm³/mol. The number of nitrogens with zero attached hydrogens (tertiary/aromatic N) is 4. The Morgan fingerprint density at radius 2 is 1.61 bits per heavy atom. The molecule has 4 nitrogen and oxygen atoms in total. The molecule has 5 heteroatoms. The van der Waals surface area contributed by atoms with Crippen LogP contribution in [0.5, 0.6) is 0 Å². The molecule has 0 aliphatic heterocycles. The second kappa shape index (κ2) is 4.58. The fraction of sp³-hybridized carbons (Fsp3) is 0. The largest absolute Gasteiger partial charge is 0.205 e. The Labute approximate surface area is 109 Å². The lowest BCUT2D eigenvalue weighted by atomic mass is 10.2. The first-order valence-corrected chi connectivity index (χ1v) is 5.83.